The molecule has 1 amide bonds. The van der Waals surface area contributed by atoms with Crippen molar-refractivity contribution in [3.8, 4) is 0 Å². The van der Waals surface area contributed by atoms with E-state index >= 15 is 0 Å². The summed E-state index contributed by atoms with van der Waals surface area (Å²) in [6, 6.07) is 15.6. The van der Waals surface area contributed by atoms with Crippen molar-refractivity contribution in [3.05, 3.63) is 70.7 Å². The molecule has 0 radical (unpaired) electrons. The molecule has 1 N–H and O–H groups in total. The molecule has 0 aliphatic carbocycles. The Hall–Kier alpha value is -1.85. The second-order valence-electron chi connectivity index (χ2n) is 5.94. The zero-order chi connectivity index (χ0) is 20.4. The number of carbonyl (C=O) groups is 1. The minimum Gasteiger partial charge on any atom is -0.445 e. The summed E-state index contributed by atoms with van der Waals surface area (Å²) in [6.45, 7) is 4.09. The molecule has 6 nitrogen and oxygen atoms in total. The third-order valence-electron chi connectivity index (χ3n) is 3.83. The Morgan fingerprint density at radius 3 is 2.21 bits per heavy atom. The summed E-state index contributed by atoms with van der Waals surface area (Å²) in [6.07, 6.45) is -0.639. The van der Waals surface area contributed by atoms with Crippen LogP contribution in [0, 0.1) is 0 Å². The average Bonchev–Trinajstić information content (AvgIpc) is 2.67. The maximum atomic E-state index is 13.0. The number of nitrogens with one attached hydrogen (secondary N) is 1. The van der Waals surface area contributed by atoms with Gasteiger partial charge < -0.3 is 19.1 Å². The highest BCUT2D eigenvalue weighted by Gasteiger charge is 2.30. The van der Waals surface area contributed by atoms with Crippen LogP contribution in [0.15, 0.2) is 54.6 Å². The van der Waals surface area contributed by atoms with Gasteiger partial charge in [-0.05, 0) is 37.1 Å². The average molecular weight is 426 g/mol. The SMILES string of the molecule is CCOP(=O)(C[C@@H](NC(=O)OCc1ccccc1)c1ccc(Cl)cc1)OCC. The Labute approximate surface area is 170 Å². The fraction of sp³-hybridized carbons (Fsp3) is 0.350. The molecule has 2 rings (SSSR count). The van der Waals surface area contributed by atoms with Crippen LogP contribution in [0.5, 0.6) is 0 Å². The molecule has 2 aromatic rings. The van der Waals surface area contributed by atoms with Gasteiger partial charge in [0.15, 0.2) is 0 Å². The van der Waals surface area contributed by atoms with Gasteiger partial charge in [-0.25, -0.2) is 4.79 Å². The standard InChI is InChI=1S/C20H25ClNO5P/c1-3-26-28(24,27-4-2)15-19(17-10-12-18(21)13-11-17)22-20(23)25-14-16-8-6-5-7-9-16/h5-13,19H,3-4,14-15H2,1-2H3,(H,22,23)/t19-/m1/s1. The van der Waals surface area contributed by atoms with Gasteiger partial charge in [0.1, 0.15) is 6.61 Å². The van der Waals surface area contributed by atoms with Crippen molar-refractivity contribution in [1.29, 1.82) is 0 Å². The molecule has 152 valence electrons. The lowest BCUT2D eigenvalue weighted by molar-refractivity contribution is 0.136. The van der Waals surface area contributed by atoms with Crippen LogP contribution in [0.4, 0.5) is 4.79 Å². The van der Waals surface area contributed by atoms with Crippen molar-refractivity contribution in [2.75, 3.05) is 19.4 Å². The number of rotatable bonds is 10. The Bertz CT molecular complexity index is 775. The van der Waals surface area contributed by atoms with Gasteiger partial charge >= 0.3 is 13.7 Å². The second-order valence-corrected chi connectivity index (χ2v) is 8.48. The number of carbonyl (C=O) groups excluding carboxylic acids is 1. The Morgan fingerprint density at radius 1 is 1.04 bits per heavy atom. The fourth-order valence-electron chi connectivity index (χ4n) is 2.60. The first-order chi connectivity index (χ1) is 13.5. The predicted octanol–water partition coefficient (Wildman–Crippen LogP) is 5.57. The van der Waals surface area contributed by atoms with E-state index in [1.807, 2.05) is 30.3 Å². The van der Waals surface area contributed by atoms with Crippen LogP contribution in [-0.2, 0) is 25.0 Å². The van der Waals surface area contributed by atoms with Crippen molar-refractivity contribution < 1.29 is 23.1 Å². The summed E-state index contributed by atoms with van der Waals surface area (Å²) < 4.78 is 29.0. The number of hydrogen-bond donors (Lipinski definition) is 1. The van der Waals surface area contributed by atoms with E-state index in [1.54, 1.807) is 38.1 Å². The van der Waals surface area contributed by atoms with Gasteiger partial charge in [-0.2, -0.15) is 0 Å². The molecule has 0 saturated heterocycles. The van der Waals surface area contributed by atoms with Crippen molar-refractivity contribution in [3.63, 3.8) is 0 Å². The third kappa shape index (κ3) is 7.28. The van der Waals surface area contributed by atoms with E-state index in [9.17, 15) is 9.36 Å². The molecule has 0 saturated carbocycles. The first-order valence-electron chi connectivity index (χ1n) is 9.06. The van der Waals surface area contributed by atoms with Crippen LogP contribution in [0.2, 0.25) is 5.02 Å². The minimum absolute atomic E-state index is 0.0171. The van der Waals surface area contributed by atoms with E-state index in [0.717, 1.165) is 11.1 Å². The van der Waals surface area contributed by atoms with Crippen LogP contribution in [0.3, 0.4) is 0 Å². The molecule has 1 atom stereocenters. The molecule has 0 heterocycles. The molecule has 0 aromatic heterocycles. The number of halogens is 1. The quantitative estimate of drug-likeness (QED) is 0.503. The molecular formula is C20H25ClNO5P. The summed E-state index contributed by atoms with van der Waals surface area (Å²) in [5.74, 6) is 0. The topological polar surface area (TPSA) is 73.9 Å². The molecule has 0 bridgehead atoms. The fourth-order valence-corrected chi connectivity index (χ4v) is 4.54. The highest BCUT2D eigenvalue weighted by molar-refractivity contribution is 7.53. The summed E-state index contributed by atoms with van der Waals surface area (Å²) in [4.78, 5) is 12.3. The van der Waals surface area contributed by atoms with Gasteiger partial charge in [0, 0.05) is 5.02 Å². The Morgan fingerprint density at radius 2 is 1.64 bits per heavy atom. The van der Waals surface area contributed by atoms with Crippen LogP contribution in [-0.4, -0.2) is 25.5 Å². The zero-order valence-electron chi connectivity index (χ0n) is 16.0. The maximum Gasteiger partial charge on any atom is 0.407 e. The Kier molecular flexibility index (Phi) is 9.00. The lowest BCUT2D eigenvalue weighted by Crippen LogP contribution is -2.31. The van der Waals surface area contributed by atoms with Crippen LogP contribution >= 0.6 is 19.2 Å². The molecule has 2 aromatic carbocycles. The predicted molar refractivity (Wildman–Crippen MR) is 110 cm³/mol. The summed E-state index contributed by atoms with van der Waals surface area (Å²) in [7, 11) is -3.39. The van der Waals surface area contributed by atoms with Gasteiger partial charge in [0.05, 0.1) is 25.4 Å². The van der Waals surface area contributed by atoms with Crippen molar-refractivity contribution in [2.45, 2.75) is 26.5 Å². The van der Waals surface area contributed by atoms with E-state index in [4.69, 9.17) is 25.4 Å². The molecule has 0 fully saturated rings. The molecule has 0 unspecified atom stereocenters. The normalized spacial score (nSPS) is 12.4. The third-order valence-corrected chi connectivity index (χ3v) is 6.20. The van der Waals surface area contributed by atoms with E-state index in [1.165, 1.54) is 0 Å². The van der Waals surface area contributed by atoms with Crippen LogP contribution in [0.25, 0.3) is 0 Å². The number of benzene rings is 2. The van der Waals surface area contributed by atoms with Gasteiger partial charge in [-0.15, -0.1) is 0 Å². The van der Waals surface area contributed by atoms with Crippen molar-refractivity contribution >= 4 is 25.3 Å². The summed E-state index contributed by atoms with van der Waals surface area (Å²) >= 11 is 5.96. The maximum absolute atomic E-state index is 13.0. The summed E-state index contributed by atoms with van der Waals surface area (Å²) in [5, 5.41) is 3.32. The second kappa shape index (κ2) is 11.2. The van der Waals surface area contributed by atoms with E-state index < -0.39 is 19.7 Å². The molecule has 0 spiro atoms. The van der Waals surface area contributed by atoms with E-state index in [-0.39, 0.29) is 26.0 Å². The highest BCUT2D eigenvalue weighted by Crippen LogP contribution is 2.50. The lowest BCUT2D eigenvalue weighted by Gasteiger charge is -2.24. The largest absolute Gasteiger partial charge is 0.445 e. The first-order valence-corrected chi connectivity index (χ1v) is 11.2. The van der Waals surface area contributed by atoms with Gasteiger partial charge in [-0.3, -0.25) is 4.57 Å². The summed E-state index contributed by atoms with van der Waals surface area (Å²) in [5.41, 5.74) is 1.59. The molecule has 8 heteroatoms. The van der Waals surface area contributed by atoms with Crippen molar-refractivity contribution in [1.82, 2.24) is 5.32 Å². The molecule has 28 heavy (non-hydrogen) atoms. The number of ether oxygens (including phenoxy) is 1. The van der Waals surface area contributed by atoms with Gasteiger partial charge in [-0.1, -0.05) is 54.1 Å². The van der Waals surface area contributed by atoms with Gasteiger partial charge in [0.25, 0.3) is 0 Å². The number of hydrogen-bond acceptors (Lipinski definition) is 5. The highest BCUT2D eigenvalue weighted by atomic mass is 35.5. The first kappa shape index (κ1) is 22.4. The molecule has 0 aliphatic rings. The van der Waals surface area contributed by atoms with E-state index in [0.29, 0.717) is 5.02 Å². The number of alkyl carbamates (subject to hydrolysis) is 1. The van der Waals surface area contributed by atoms with E-state index in [2.05, 4.69) is 5.32 Å². The lowest BCUT2D eigenvalue weighted by atomic mass is 10.1. The van der Waals surface area contributed by atoms with Crippen LogP contribution in [0.1, 0.15) is 31.0 Å². The number of amides is 1. The smallest absolute Gasteiger partial charge is 0.407 e. The molecule has 0 aliphatic heterocycles. The monoisotopic (exact) mass is 425 g/mol. The zero-order valence-corrected chi connectivity index (χ0v) is 17.6. The minimum atomic E-state index is -3.39. The Balaban J connectivity index is 2.12. The van der Waals surface area contributed by atoms with Crippen molar-refractivity contribution in [2.24, 2.45) is 0 Å². The van der Waals surface area contributed by atoms with Gasteiger partial charge in [0.2, 0.25) is 0 Å². The van der Waals surface area contributed by atoms with Crippen LogP contribution < -0.4 is 5.32 Å². The molecular weight excluding hydrogens is 401 g/mol.